The maximum Gasteiger partial charge on any atom is 0.254 e. The average molecular weight is 417 g/mol. The molecule has 0 spiro atoms. The molecule has 3 rings (SSSR count). The van der Waals surface area contributed by atoms with Gasteiger partial charge in [-0.25, -0.2) is 13.6 Å². The fourth-order valence-corrected chi connectivity index (χ4v) is 4.00. The summed E-state index contributed by atoms with van der Waals surface area (Å²) in [7, 11) is -2.20. The van der Waals surface area contributed by atoms with Crippen molar-refractivity contribution in [3.8, 4) is 0 Å². The zero-order valence-electron chi connectivity index (χ0n) is 15.8. The molecule has 3 aromatic carbocycles. The first kappa shape index (κ1) is 20.3. The minimum atomic E-state index is -3.89. The molecule has 1 unspecified atom stereocenters. The molecule has 0 heterocycles. The van der Waals surface area contributed by atoms with Crippen LogP contribution < -0.4 is 5.14 Å². The number of aryl methyl sites for hydroxylation is 1. The Morgan fingerprint density at radius 3 is 2.36 bits per heavy atom. The van der Waals surface area contributed by atoms with Crippen molar-refractivity contribution in [3.63, 3.8) is 0 Å². The maximum absolute atomic E-state index is 13.1. The molecule has 0 radical (unpaired) electrons. The standard InChI is InChI=1S/C21H21ClN2O3S/c1-13-8-9-15(28(23,26)27)12-19(13)21(25)24(3)14(2)16-10-11-20(22)18-7-5-4-6-17(16)18/h4-12,14H,1-3H3,(H2,23,26,27). The van der Waals surface area contributed by atoms with E-state index in [2.05, 4.69) is 0 Å². The van der Waals surface area contributed by atoms with Crippen molar-refractivity contribution in [2.45, 2.75) is 24.8 Å². The summed E-state index contributed by atoms with van der Waals surface area (Å²) in [6.45, 7) is 3.68. The van der Waals surface area contributed by atoms with E-state index >= 15 is 0 Å². The van der Waals surface area contributed by atoms with Crippen LogP contribution in [0.4, 0.5) is 0 Å². The van der Waals surface area contributed by atoms with E-state index in [1.807, 2.05) is 43.3 Å². The minimum absolute atomic E-state index is 0.0838. The Kier molecular flexibility index (Phi) is 5.48. The Bertz CT molecular complexity index is 1180. The second-order valence-corrected chi connectivity index (χ2v) is 8.76. The molecule has 5 nitrogen and oxygen atoms in total. The third-order valence-corrected chi connectivity index (χ3v) is 6.26. The number of sulfonamides is 1. The molecule has 1 amide bonds. The van der Waals surface area contributed by atoms with E-state index in [1.54, 1.807) is 24.9 Å². The smallest absolute Gasteiger partial charge is 0.254 e. The minimum Gasteiger partial charge on any atom is -0.335 e. The molecule has 0 saturated heterocycles. The number of rotatable bonds is 4. The predicted octanol–water partition coefficient (Wildman–Crippen LogP) is 4.28. The van der Waals surface area contributed by atoms with Crippen molar-refractivity contribution in [1.29, 1.82) is 0 Å². The van der Waals surface area contributed by atoms with Gasteiger partial charge < -0.3 is 4.90 Å². The number of amides is 1. The summed E-state index contributed by atoms with van der Waals surface area (Å²) in [5, 5.41) is 7.75. The summed E-state index contributed by atoms with van der Waals surface area (Å²) in [4.78, 5) is 14.6. The van der Waals surface area contributed by atoms with Crippen LogP contribution >= 0.6 is 11.6 Å². The van der Waals surface area contributed by atoms with Gasteiger partial charge in [0.2, 0.25) is 10.0 Å². The van der Waals surface area contributed by atoms with Gasteiger partial charge in [-0.15, -0.1) is 0 Å². The molecule has 7 heteroatoms. The van der Waals surface area contributed by atoms with Crippen LogP contribution in [-0.4, -0.2) is 26.3 Å². The molecule has 0 aliphatic carbocycles. The molecule has 0 fully saturated rings. The van der Waals surface area contributed by atoms with Crippen molar-refractivity contribution in [1.82, 2.24) is 4.90 Å². The average Bonchev–Trinajstić information content (AvgIpc) is 2.66. The molecule has 28 heavy (non-hydrogen) atoms. The summed E-state index contributed by atoms with van der Waals surface area (Å²) in [5.74, 6) is -0.283. The Morgan fingerprint density at radius 1 is 1.07 bits per heavy atom. The summed E-state index contributed by atoms with van der Waals surface area (Å²) >= 11 is 6.30. The molecule has 0 saturated carbocycles. The Morgan fingerprint density at radius 2 is 1.71 bits per heavy atom. The van der Waals surface area contributed by atoms with Crippen molar-refractivity contribution in [2.75, 3.05) is 7.05 Å². The van der Waals surface area contributed by atoms with Gasteiger partial charge in [0.1, 0.15) is 0 Å². The van der Waals surface area contributed by atoms with Crippen LogP contribution in [0.5, 0.6) is 0 Å². The van der Waals surface area contributed by atoms with Crippen molar-refractivity contribution in [3.05, 3.63) is 76.3 Å². The third-order valence-electron chi connectivity index (χ3n) is 5.02. The van der Waals surface area contributed by atoms with Crippen LogP contribution in [0.3, 0.4) is 0 Å². The molecule has 1 atom stereocenters. The normalized spacial score (nSPS) is 12.8. The molecule has 0 bridgehead atoms. The van der Waals surface area contributed by atoms with Crippen LogP contribution in [0.1, 0.15) is 34.5 Å². The first-order valence-corrected chi connectivity index (χ1v) is 10.6. The quantitative estimate of drug-likeness (QED) is 0.689. The number of halogens is 1. The topological polar surface area (TPSA) is 80.5 Å². The highest BCUT2D eigenvalue weighted by Crippen LogP contribution is 2.32. The lowest BCUT2D eigenvalue weighted by molar-refractivity contribution is 0.0742. The van der Waals surface area contributed by atoms with Crippen molar-refractivity contribution < 1.29 is 13.2 Å². The lowest BCUT2D eigenvalue weighted by Crippen LogP contribution is -2.30. The molecule has 146 valence electrons. The largest absolute Gasteiger partial charge is 0.335 e. The molecule has 2 N–H and O–H groups in total. The van der Waals surface area contributed by atoms with Crippen LogP contribution in [0.15, 0.2) is 59.5 Å². The van der Waals surface area contributed by atoms with Crippen LogP contribution in [0.25, 0.3) is 10.8 Å². The van der Waals surface area contributed by atoms with Crippen LogP contribution in [-0.2, 0) is 10.0 Å². The van der Waals surface area contributed by atoms with Gasteiger partial charge in [0.05, 0.1) is 10.9 Å². The van der Waals surface area contributed by atoms with Crippen LogP contribution in [0, 0.1) is 6.92 Å². The first-order chi connectivity index (χ1) is 13.1. The first-order valence-electron chi connectivity index (χ1n) is 8.69. The highest BCUT2D eigenvalue weighted by atomic mass is 35.5. The zero-order chi connectivity index (χ0) is 20.6. The lowest BCUT2D eigenvalue weighted by atomic mass is 9.98. The Hall–Kier alpha value is -2.41. The van der Waals surface area contributed by atoms with Crippen molar-refractivity contribution in [2.24, 2.45) is 5.14 Å². The third kappa shape index (κ3) is 3.76. The maximum atomic E-state index is 13.1. The zero-order valence-corrected chi connectivity index (χ0v) is 17.4. The summed E-state index contributed by atoms with van der Waals surface area (Å²) in [6.07, 6.45) is 0. The number of nitrogens with zero attached hydrogens (tertiary/aromatic N) is 1. The number of carbonyl (C=O) groups excluding carboxylic acids is 1. The van der Waals surface area contributed by atoms with Gasteiger partial charge in [-0.05, 0) is 48.6 Å². The SMILES string of the molecule is Cc1ccc(S(N)(=O)=O)cc1C(=O)N(C)C(C)c1ccc(Cl)c2ccccc12. The molecule has 0 aliphatic rings. The van der Waals surface area contributed by atoms with E-state index in [9.17, 15) is 13.2 Å². The van der Waals surface area contributed by atoms with Gasteiger partial charge in [0.25, 0.3) is 5.91 Å². The van der Waals surface area contributed by atoms with E-state index in [-0.39, 0.29) is 16.8 Å². The molecule has 3 aromatic rings. The number of hydrogen-bond acceptors (Lipinski definition) is 3. The molecular weight excluding hydrogens is 396 g/mol. The summed E-state index contributed by atoms with van der Waals surface area (Å²) in [6, 6.07) is 15.5. The van der Waals surface area contributed by atoms with Gasteiger partial charge in [0.15, 0.2) is 0 Å². The number of hydrogen-bond donors (Lipinski definition) is 1. The monoisotopic (exact) mass is 416 g/mol. The van der Waals surface area contributed by atoms with E-state index < -0.39 is 10.0 Å². The van der Waals surface area contributed by atoms with Gasteiger partial charge >= 0.3 is 0 Å². The van der Waals surface area contributed by atoms with E-state index in [0.717, 1.165) is 16.3 Å². The highest BCUT2D eigenvalue weighted by Gasteiger charge is 2.23. The number of nitrogens with two attached hydrogens (primary N) is 1. The fourth-order valence-electron chi connectivity index (χ4n) is 3.23. The highest BCUT2D eigenvalue weighted by molar-refractivity contribution is 7.89. The molecular formula is C21H21ClN2O3S. The van der Waals surface area contributed by atoms with Crippen LogP contribution in [0.2, 0.25) is 5.02 Å². The van der Waals surface area contributed by atoms with Gasteiger partial charge in [0, 0.05) is 23.0 Å². The Labute approximate surface area is 169 Å². The Balaban J connectivity index is 2.02. The number of primary sulfonamides is 1. The molecule has 0 aromatic heterocycles. The van der Waals surface area contributed by atoms with E-state index in [1.165, 1.54) is 12.1 Å². The number of carbonyl (C=O) groups is 1. The van der Waals surface area contributed by atoms with Gasteiger partial charge in [-0.2, -0.15) is 0 Å². The van der Waals surface area contributed by atoms with E-state index in [0.29, 0.717) is 16.1 Å². The summed E-state index contributed by atoms with van der Waals surface area (Å²) in [5.41, 5.74) is 1.94. The second kappa shape index (κ2) is 7.54. The predicted molar refractivity (Wildman–Crippen MR) is 112 cm³/mol. The van der Waals surface area contributed by atoms with Crippen molar-refractivity contribution >= 4 is 38.3 Å². The number of fused-ring (bicyclic) bond motifs is 1. The van der Waals surface area contributed by atoms with Gasteiger partial charge in [-0.1, -0.05) is 48.0 Å². The van der Waals surface area contributed by atoms with Gasteiger partial charge in [-0.3, -0.25) is 4.79 Å². The van der Waals surface area contributed by atoms with E-state index in [4.69, 9.17) is 16.7 Å². The molecule has 0 aliphatic heterocycles. The fraction of sp³-hybridized carbons (Fsp3) is 0.190. The second-order valence-electron chi connectivity index (χ2n) is 6.80. The number of benzene rings is 3. The summed E-state index contributed by atoms with van der Waals surface area (Å²) < 4.78 is 23.3. The lowest BCUT2D eigenvalue weighted by Gasteiger charge is -2.27.